The number of aryl methyl sites for hydroxylation is 3. The average Bonchev–Trinajstić information content (AvgIpc) is 3.28. The molecule has 0 saturated heterocycles. The van der Waals surface area contributed by atoms with Crippen LogP contribution in [0.25, 0.3) is 22.8 Å². The Morgan fingerprint density at radius 2 is 1.93 bits per heavy atom. The van der Waals surface area contributed by atoms with Crippen molar-refractivity contribution in [1.29, 1.82) is 5.26 Å². The lowest BCUT2D eigenvalue weighted by molar-refractivity contribution is 0.461. The molecule has 8 nitrogen and oxygen atoms in total. The standard InChI is InChI=1S/C20H16ClN7O/c1-12-7-14(5-4-6-22)8-13(2)17(12)29-19-16-11-28(15-9-23-27(3)10-15)26-18(16)24-20(21)25-19/h4-5,7-11H,1-3H3/b5-4+. The molecule has 0 spiro atoms. The first-order valence-corrected chi connectivity index (χ1v) is 9.09. The third-order valence-corrected chi connectivity index (χ3v) is 4.47. The highest BCUT2D eigenvalue weighted by atomic mass is 35.5. The Morgan fingerprint density at radius 1 is 1.17 bits per heavy atom. The number of aromatic nitrogens is 6. The number of halogens is 1. The van der Waals surface area contributed by atoms with Gasteiger partial charge in [0.05, 0.1) is 18.5 Å². The van der Waals surface area contributed by atoms with Crippen LogP contribution >= 0.6 is 11.6 Å². The minimum atomic E-state index is 0.0489. The van der Waals surface area contributed by atoms with E-state index in [0.717, 1.165) is 22.4 Å². The van der Waals surface area contributed by atoms with Gasteiger partial charge < -0.3 is 4.74 Å². The molecule has 144 valence electrons. The summed E-state index contributed by atoms with van der Waals surface area (Å²) in [6.45, 7) is 3.87. The monoisotopic (exact) mass is 405 g/mol. The van der Waals surface area contributed by atoms with Crippen molar-refractivity contribution in [3.05, 3.63) is 58.8 Å². The number of benzene rings is 1. The largest absolute Gasteiger partial charge is 0.438 e. The predicted octanol–water partition coefficient (Wildman–Crippen LogP) is 4.15. The lowest BCUT2D eigenvalue weighted by Crippen LogP contribution is -1.96. The minimum absolute atomic E-state index is 0.0489. The molecule has 3 aromatic heterocycles. The summed E-state index contributed by atoms with van der Waals surface area (Å²) < 4.78 is 9.49. The van der Waals surface area contributed by atoms with Gasteiger partial charge in [-0.1, -0.05) is 0 Å². The van der Waals surface area contributed by atoms with Crippen molar-refractivity contribution in [2.45, 2.75) is 13.8 Å². The first-order chi connectivity index (χ1) is 13.9. The van der Waals surface area contributed by atoms with Crippen LogP contribution in [0.3, 0.4) is 0 Å². The third kappa shape index (κ3) is 3.68. The smallest absolute Gasteiger partial charge is 0.234 e. The Hall–Kier alpha value is -3.70. The van der Waals surface area contributed by atoms with Crippen LogP contribution in [0, 0.1) is 25.2 Å². The van der Waals surface area contributed by atoms with Gasteiger partial charge in [-0.05, 0) is 60.3 Å². The third-order valence-electron chi connectivity index (χ3n) is 4.30. The van der Waals surface area contributed by atoms with Crippen molar-refractivity contribution in [2.75, 3.05) is 0 Å². The average molecular weight is 406 g/mol. The number of rotatable bonds is 4. The van der Waals surface area contributed by atoms with Crippen molar-refractivity contribution < 1.29 is 4.74 Å². The molecule has 0 radical (unpaired) electrons. The first kappa shape index (κ1) is 18.7. The summed E-state index contributed by atoms with van der Waals surface area (Å²) in [6, 6.07) is 5.87. The van der Waals surface area contributed by atoms with Gasteiger partial charge in [0.1, 0.15) is 16.8 Å². The summed E-state index contributed by atoms with van der Waals surface area (Å²) in [7, 11) is 1.83. The molecule has 0 atom stereocenters. The normalized spacial score (nSPS) is 11.3. The molecule has 0 fully saturated rings. The summed E-state index contributed by atoms with van der Waals surface area (Å²) in [5.41, 5.74) is 3.95. The number of nitrogens with zero attached hydrogens (tertiary/aromatic N) is 7. The summed E-state index contributed by atoms with van der Waals surface area (Å²) in [5.74, 6) is 0.992. The molecule has 3 heterocycles. The molecule has 0 unspecified atom stereocenters. The van der Waals surface area contributed by atoms with Gasteiger partial charge in [0, 0.05) is 19.3 Å². The van der Waals surface area contributed by atoms with Crippen molar-refractivity contribution in [3.63, 3.8) is 0 Å². The summed E-state index contributed by atoms with van der Waals surface area (Å²) in [6.07, 6.45) is 8.51. The fourth-order valence-corrected chi connectivity index (χ4v) is 3.22. The van der Waals surface area contributed by atoms with Gasteiger partial charge in [0.15, 0.2) is 5.65 Å². The van der Waals surface area contributed by atoms with E-state index in [1.807, 2.05) is 45.3 Å². The lowest BCUT2D eigenvalue weighted by atomic mass is 10.1. The maximum absolute atomic E-state index is 8.73. The Kier molecular flexibility index (Phi) is 4.74. The lowest BCUT2D eigenvalue weighted by Gasteiger charge is -2.12. The van der Waals surface area contributed by atoms with Gasteiger partial charge >= 0.3 is 0 Å². The number of hydrogen-bond donors (Lipinski definition) is 0. The van der Waals surface area contributed by atoms with E-state index in [0.29, 0.717) is 22.7 Å². The van der Waals surface area contributed by atoms with Crippen LogP contribution in [0.4, 0.5) is 0 Å². The topological polar surface area (TPSA) is 94.4 Å². The van der Waals surface area contributed by atoms with E-state index in [9.17, 15) is 0 Å². The summed E-state index contributed by atoms with van der Waals surface area (Å²) >= 11 is 6.10. The number of allylic oxidation sites excluding steroid dienone is 1. The molecular weight excluding hydrogens is 390 g/mol. The zero-order valence-corrected chi connectivity index (χ0v) is 16.7. The fourth-order valence-electron chi connectivity index (χ4n) is 3.06. The van der Waals surface area contributed by atoms with Crippen molar-refractivity contribution >= 4 is 28.7 Å². The number of ether oxygens (including phenoxy) is 1. The Morgan fingerprint density at radius 3 is 2.59 bits per heavy atom. The molecule has 1 aromatic carbocycles. The van der Waals surface area contributed by atoms with Gasteiger partial charge in [-0.25, -0.2) is 4.68 Å². The molecular formula is C20H16ClN7O. The molecule has 0 bridgehead atoms. The molecule has 0 aliphatic heterocycles. The molecule has 29 heavy (non-hydrogen) atoms. The van der Waals surface area contributed by atoms with E-state index in [-0.39, 0.29) is 5.28 Å². The van der Waals surface area contributed by atoms with Gasteiger partial charge in [0.2, 0.25) is 11.2 Å². The summed E-state index contributed by atoms with van der Waals surface area (Å²) in [4.78, 5) is 8.46. The van der Waals surface area contributed by atoms with Gasteiger partial charge in [-0.15, -0.1) is 5.10 Å². The number of fused-ring (bicyclic) bond motifs is 1. The summed E-state index contributed by atoms with van der Waals surface area (Å²) in [5, 5.41) is 18.0. The van der Waals surface area contributed by atoms with Crippen LogP contribution in [-0.4, -0.2) is 29.5 Å². The molecule has 9 heteroatoms. The highest BCUT2D eigenvalue weighted by Gasteiger charge is 2.16. The molecule has 4 aromatic rings. The molecule has 0 saturated carbocycles. The van der Waals surface area contributed by atoms with Crippen LogP contribution in [-0.2, 0) is 7.05 Å². The van der Waals surface area contributed by atoms with E-state index >= 15 is 0 Å². The molecule has 0 aliphatic rings. The molecule has 4 rings (SSSR count). The SMILES string of the molecule is Cc1cc(/C=C/C#N)cc(C)c1Oc1nc(Cl)nc2nn(-c3cnn(C)c3)cc12. The highest BCUT2D eigenvalue weighted by molar-refractivity contribution is 6.28. The Labute approximate surface area is 171 Å². The quantitative estimate of drug-likeness (QED) is 0.374. The predicted molar refractivity (Wildman–Crippen MR) is 109 cm³/mol. The van der Waals surface area contributed by atoms with Crippen LogP contribution in [0.1, 0.15) is 16.7 Å². The first-order valence-electron chi connectivity index (χ1n) is 8.72. The highest BCUT2D eigenvalue weighted by Crippen LogP contribution is 2.33. The molecule has 0 amide bonds. The van der Waals surface area contributed by atoms with E-state index in [1.165, 1.54) is 6.08 Å². The van der Waals surface area contributed by atoms with Crippen molar-refractivity contribution in [3.8, 4) is 23.4 Å². The van der Waals surface area contributed by atoms with E-state index in [2.05, 4.69) is 20.2 Å². The van der Waals surface area contributed by atoms with Crippen molar-refractivity contribution in [1.82, 2.24) is 29.5 Å². The second-order valence-electron chi connectivity index (χ2n) is 6.53. The van der Waals surface area contributed by atoms with Crippen LogP contribution in [0.2, 0.25) is 5.28 Å². The fraction of sp³-hybridized carbons (Fsp3) is 0.150. The number of nitriles is 1. The van der Waals surface area contributed by atoms with Gasteiger partial charge in [0.25, 0.3) is 0 Å². The van der Waals surface area contributed by atoms with E-state index in [4.69, 9.17) is 21.6 Å². The van der Waals surface area contributed by atoms with Crippen LogP contribution in [0.15, 0.2) is 36.8 Å². The van der Waals surface area contributed by atoms with E-state index in [1.54, 1.807) is 27.8 Å². The van der Waals surface area contributed by atoms with Crippen LogP contribution < -0.4 is 4.74 Å². The van der Waals surface area contributed by atoms with Crippen molar-refractivity contribution in [2.24, 2.45) is 7.05 Å². The second-order valence-corrected chi connectivity index (χ2v) is 6.87. The van der Waals surface area contributed by atoms with Gasteiger partial charge in [-0.2, -0.15) is 20.3 Å². The van der Waals surface area contributed by atoms with Crippen LogP contribution in [0.5, 0.6) is 11.6 Å². The Bertz CT molecular complexity index is 1270. The maximum Gasteiger partial charge on any atom is 0.234 e. The number of hydrogen-bond acceptors (Lipinski definition) is 6. The second kappa shape index (κ2) is 7.37. The van der Waals surface area contributed by atoms with Gasteiger partial charge in [-0.3, -0.25) is 4.68 Å². The zero-order valence-electron chi connectivity index (χ0n) is 16.0. The minimum Gasteiger partial charge on any atom is -0.438 e. The maximum atomic E-state index is 8.73. The molecule has 0 aliphatic carbocycles. The zero-order chi connectivity index (χ0) is 20.5. The Balaban J connectivity index is 1.77. The molecule has 0 N–H and O–H groups in total. The van der Waals surface area contributed by atoms with E-state index < -0.39 is 0 Å².